The fourth-order valence-electron chi connectivity index (χ4n) is 3.87. The van der Waals surface area contributed by atoms with Gasteiger partial charge in [0, 0.05) is 20.0 Å². The van der Waals surface area contributed by atoms with Crippen molar-refractivity contribution < 1.29 is 22.7 Å². The average Bonchev–Trinajstić information content (AvgIpc) is 3.10. The topological polar surface area (TPSA) is 92.8 Å². The number of carbonyl (C=O) groups excluding carboxylic acids is 2. The van der Waals surface area contributed by atoms with Gasteiger partial charge in [-0.25, -0.2) is 8.42 Å². The first-order valence-corrected chi connectivity index (χ1v) is 12.6. The molecule has 1 atom stereocenters. The van der Waals surface area contributed by atoms with Gasteiger partial charge in [0.1, 0.15) is 16.7 Å². The number of benzene rings is 3. The Balaban J connectivity index is 1.35. The summed E-state index contributed by atoms with van der Waals surface area (Å²) in [7, 11) is -3.67. The van der Waals surface area contributed by atoms with E-state index in [1.165, 1.54) is 6.92 Å². The minimum Gasteiger partial charge on any atom is -0.457 e. The predicted octanol–water partition coefficient (Wildman–Crippen LogP) is 3.96. The van der Waals surface area contributed by atoms with E-state index >= 15 is 0 Å². The van der Waals surface area contributed by atoms with Crippen LogP contribution < -0.4 is 9.46 Å². The number of amides is 2. The molecular weight excluding hydrogens is 452 g/mol. The molecule has 0 spiro atoms. The Hall–Kier alpha value is -3.65. The van der Waals surface area contributed by atoms with Gasteiger partial charge < -0.3 is 9.64 Å². The van der Waals surface area contributed by atoms with Crippen molar-refractivity contribution in [1.29, 1.82) is 0 Å². The lowest BCUT2D eigenvalue weighted by molar-refractivity contribution is -0.129. The lowest BCUT2D eigenvalue weighted by atomic mass is 10.1. The molecule has 1 unspecified atom stereocenters. The van der Waals surface area contributed by atoms with Gasteiger partial charge in [0.2, 0.25) is 21.8 Å². The van der Waals surface area contributed by atoms with E-state index < -0.39 is 21.2 Å². The summed E-state index contributed by atoms with van der Waals surface area (Å²) >= 11 is 0. The van der Waals surface area contributed by atoms with Gasteiger partial charge in [0.05, 0.1) is 6.42 Å². The number of nitrogens with one attached hydrogen (secondary N) is 1. The van der Waals surface area contributed by atoms with Crippen LogP contribution in [0.25, 0.3) is 0 Å². The summed E-state index contributed by atoms with van der Waals surface area (Å²) in [6.45, 7) is 2.50. The van der Waals surface area contributed by atoms with Gasteiger partial charge in [-0.2, -0.15) is 0 Å². The molecule has 0 saturated carbocycles. The van der Waals surface area contributed by atoms with Gasteiger partial charge in [0.25, 0.3) is 0 Å². The Morgan fingerprint density at radius 1 is 0.941 bits per heavy atom. The molecule has 3 aromatic rings. The van der Waals surface area contributed by atoms with Crippen molar-refractivity contribution in [3.05, 3.63) is 95.6 Å². The number of hydrogen-bond donors (Lipinski definition) is 1. The van der Waals surface area contributed by atoms with E-state index in [1.54, 1.807) is 29.2 Å². The molecule has 2 amide bonds. The molecule has 4 rings (SSSR count). The first-order valence-electron chi connectivity index (χ1n) is 11.0. The summed E-state index contributed by atoms with van der Waals surface area (Å²) in [5, 5.41) is -0.869. The van der Waals surface area contributed by atoms with E-state index in [0.717, 1.165) is 22.6 Å². The van der Waals surface area contributed by atoms with Crippen LogP contribution in [-0.4, -0.2) is 31.7 Å². The second-order valence-electron chi connectivity index (χ2n) is 8.25. The summed E-state index contributed by atoms with van der Waals surface area (Å²) < 4.78 is 32.0. The SMILES string of the molecule is CC(=O)N(CCc1ccc(Oc2ccccc2)cc1)Cc1ccc(C2CC(=O)NS2(=O)=O)cc1. The average molecular weight is 479 g/mol. The van der Waals surface area contributed by atoms with E-state index in [4.69, 9.17) is 4.74 Å². The Morgan fingerprint density at radius 3 is 2.15 bits per heavy atom. The number of carbonyl (C=O) groups is 2. The van der Waals surface area contributed by atoms with Crippen LogP contribution >= 0.6 is 0 Å². The lowest BCUT2D eigenvalue weighted by Gasteiger charge is -2.21. The summed E-state index contributed by atoms with van der Waals surface area (Å²) in [6.07, 6.45) is 0.619. The summed E-state index contributed by atoms with van der Waals surface area (Å²) in [4.78, 5) is 25.4. The predicted molar refractivity (Wildman–Crippen MR) is 129 cm³/mol. The molecule has 0 aromatic heterocycles. The number of ether oxygens (including phenoxy) is 1. The number of para-hydroxylation sites is 1. The standard InChI is InChI=1S/C26H26N2O5S/c1-19(29)28(16-15-20-9-13-24(14-10-20)33-23-5-3-2-4-6-23)18-21-7-11-22(12-8-21)25-17-26(30)27-34(25,31)32/h2-14,25H,15-18H2,1H3,(H,27,30). The highest BCUT2D eigenvalue weighted by molar-refractivity contribution is 7.90. The summed E-state index contributed by atoms with van der Waals surface area (Å²) in [5.41, 5.74) is 2.54. The Bertz CT molecular complexity index is 1260. The molecule has 1 saturated heterocycles. The molecule has 34 heavy (non-hydrogen) atoms. The zero-order valence-corrected chi connectivity index (χ0v) is 19.6. The van der Waals surface area contributed by atoms with Crippen LogP contribution in [0, 0.1) is 0 Å². The molecule has 1 N–H and O–H groups in total. The molecule has 1 aliphatic heterocycles. The van der Waals surface area contributed by atoms with Crippen molar-refractivity contribution in [2.75, 3.05) is 6.54 Å². The lowest BCUT2D eigenvalue weighted by Crippen LogP contribution is -2.30. The molecule has 0 bridgehead atoms. The normalized spacial score (nSPS) is 16.6. The maximum atomic E-state index is 12.2. The monoisotopic (exact) mass is 478 g/mol. The maximum absolute atomic E-state index is 12.2. The highest BCUT2D eigenvalue weighted by Gasteiger charge is 2.37. The third-order valence-electron chi connectivity index (χ3n) is 5.74. The molecule has 1 fully saturated rings. The molecule has 3 aromatic carbocycles. The minimum atomic E-state index is -3.67. The van der Waals surface area contributed by atoms with Crippen molar-refractivity contribution >= 4 is 21.8 Å². The molecule has 0 radical (unpaired) electrons. The number of nitrogens with zero attached hydrogens (tertiary/aromatic N) is 1. The van der Waals surface area contributed by atoms with Crippen molar-refractivity contribution in [2.24, 2.45) is 0 Å². The number of hydrogen-bond acceptors (Lipinski definition) is 5. The Labute approximate surface area is 199 Å². The van der Waals surface area contributed by atoms with E-state index in [-0.39, 0.29) is 12.3 Å². The van der Waals surface area contributed by atoms with Crippen LogP contribution in [0.15, 0.2) is 78.9 Å². The maximum Gasteiger partial charge on any atom is 0.242 e. The zero-order valence-electron chi connectivity index (χ0n) is 18.8. The molecular formula is C26H26N2O5S. The van der Waals surface area contributed by atoms with Crippen LogP contribution in [-0.2, 0) is 32.6 Å². The van der Waals surface area contributed by atoms with Crippen LogP contribution in [0.3, 0.4) is 0 Å². The van der Waals surface area contributed by atoms with E-state index in [0.29, 0.717) is 25.1 Å². The van der Waals surface area contributed by atoms with Gasteiger partial charge in [-0.15, -0.1) is 0 Å². The van der Waals surface area contributed by atoms with E-state index in [9.17, 15) is 18.0 Å². The number of sulfonamides is 1. The molecule has 1 aliphatic rings. The molecule has 8 heteroatoms. The van der Waals surface area contributed by atoms with Gasteiger partial charge in [-0.3, -0.25) is 14.3 Å². The van der Waals surface area contributed by atoms with Crippen LogP contribution in [0.4, 0.5) is 0 Å². The Morgan fingerprint density at radius 2 is 1.56 bits per heavy atom. The fourth-order valence-corrected chi connectivity index (χ4v) is 5.29. The van der Waals surface area contributed by atoms with Crippen LogP contribution in [0.2, 0.25) is 0 Å². The van der Waals surface area contributed by atoms with E-state index in [1.807, 2.05) is 59.3 Å². The molecule has 0 aliphatic carbocycles. The van der Waals surface area contributed by atoms with Crippen molar-refractivity contribution in [3.8, 4) is 11.5 Å². The van der Waals surface area contributed by atoms with Crippen molar-refractivity contribution in [1.82, 2.24) is 9.62 Å². The molecule has 7 nitrogen and oxygen atoms in total. The third-order valence-corrected chi connectivity index (χ3v) is 7.44. The Kier molecular flexibility index (Phi) is 6.98. The van der Waals surface area contributed by atoms with Crippen LogP contribution in [0.5, 0.6) is 11.5 Å². The van der Waals surface area contributed by atoms with Crippen molar-refractivity contribution in [2.45, 2.75) is 31.6 Å². The largest absolute Gasteiger partial charge is 0.457 e. The first kappa shape index (κ1) is 23.5. The minimum absolute atomic E-state index is 0.0405. The second kappa shape index (κ2) is 10.1. The fraction of sp³-hybridized carbons (Fsp3) is 0.231. The van der Waals surface area contributed by atoms with Gasteiger partial charge >= 0.3 is 0 Å². The third kappa shape index (κ3) is 5.82. The quantitative estimate of drug-likeness (QED) is 0.529. The van der Waals surface area contributed by atoms with Gasteiger partial charge in [-0.05, 0) is 47.4 Å². The smallest absolute Gasteiger partial charge is 0.242 e. The van der Waals surface area contributed by atoms with Crippen molar-refractivity contribution in [3.63, 3.8) is 0 Å². The van der Waals surface area contributed by atoms with Crippen LogP contribution in [0.1, 0.15) is 35.3 Å². The molecule has 1 heterocycles. The highest BCUT2D eigenvalue weighted by Crippen LogP contribution is 2.30. The molecule has 176 valence electrons. The van der Waals surface area contributed by atoms with Gasteiger partial charge in [0.15, 0.2) is 0 Å². The highest BCUT2D eigenvalue weighted by atomic mass is 32.2. The zero-order chi connectivity index (χ0) is 24.1. The van der Waals surface area contributed by atoms with E-state index in [2.05, 4.69) is 0 Å². The number of rotatable bonds is 8. The summed E-state index contributed by atoms with van der Waals surface area (Å²) in [5.74, 6) is 0.995. The van der Waals surface area contributed by atoms with Gasteiger partial charge in [-0.1, -0.05) is 54.6 Å². The summed E-state index contributed by atoms with van der Waals surface area (Å²) in [6, 6.07) is 24.4. The first-order chi connectivity index (χ1) is 16.3. The second-order valence-corrected chi connectivity index (χ2v) is 10.1.